The molecule has 4 aliphatic carbocycles. The molecule has 4 aliphatic rings. The summed E-state index contributed by atoms with van der Waals surface area (Å²) in [5.74, 6) is 14.4. The molecular weight excluding hydrogens is 698 g/mol. The number of nitrogens with one attached hydrogen (secondary N) is 4. The Hall–Kier alpha value is -3.33. The van der Waals surface area contributed by atoms with E-state index in [0.717, 1.165) is 56.3 Å². The van der Waals surface area contributed by atoms with E-state index in [1.54, 1.807) is 9.44 Å². The fraction of sp³-hybridized carbons (Fsp3) is 0.774. The molecule has 5 N–H and O–H groups in total. The lowest BCUT2D eigenvalue weighted by Crippen LogP contribution is -2.47. The average molecular weight is 746 g/mol. The quantitative estimate of drug-likeness (QED) is 0.0690. The third-order valence-corrected chi connectivity index (χ3v) is 11.3. The number of nitrogens with zero attached hydrogens (tertiary/aromatic N) is 1. The number of rotatable bonds is 19. The molecule has 2 unspecified atom stereocenters. The molecule has 4 rings (SSSR count). The molecule has 0 radical (unpaired) electrons. The molecule has 17 nitrogen and oxygen atoms in total. The Labute approximate surface area is 293 Å². The monoisotopic (exact) mass is 745 g/mol. The second-order valence-corrected chi connectivity index (χ2v) is 15.5. The normalized spacial score (nSPS) is 25.1. The van der Waals surface area contributed by atoms with Gasteiger partial charge in [0.15, 0.2) is 0 Å². The van der Waals surface area contributed by atoms with Gasteiger partial charge in [-0.15, -0.1) is 23.7 Å². The summed E-state index contributed by atoms with van der Waals surface area (Å²) in [5.41, 5.74) is 0. The molecule has 0 aliphatic heterocycles. The highest BCUT2D eigenvalue weighted by atomic mass is 32.2. The van der Waals surface area contributed by atoms with Crippen LogP contribution >= 0.6 is 0 Å². The second kappa shape index (κ2) is 19.3. The zero-order valence-electron chi connectivity index (χ0n) is 27.9. The van der Waals surface area contributed by atoms with Gasteiger partial charge < -0.3 is 29.0 Å². The Morgan fingerprint density at radius 1 is 0.640 bits per heavy atom. The van der Waals surface area contributed by atoms with Crippen LogP contribution in [0.5, 0.6) is 0 Å². The Kier molecular flexibility index (Phi) is 15.3. The van der Waals surface area contributed by atoms with Crippen molar-refractivity contribution in [3.05, 3.63) is 0 Å². The van der Waals surface area contributed by atoms with Gasteiger partial charge in [-0.05, 0) is 61.2 Å². The topological polar surface area (TPSA) is 228 Å². The van der Waals surface area contributed by atoms with Gasteiger partial charge in [-0.25, -0.2) is 23.8 Å². The molecule has 0 heterocycles. The Bertz CT molecular complexity index is 1380. The van der Waals surface area contributed by atoms with Crippen LogP contribution < -0.4 is 18.9 Å². The Morgan fingerprint density at radius 2 is 1.06 bits per heavy atom. The van der Waals surface area contributed by atoms with Crippen LogP contribution in [0.4, 0.5) is 14.4 Å². The first-order valence-corrected chi connectivity index (χ1v) is 19.9. The fourth-order valence-corrected chi connectivity index (χ4v) is 8.05. The van der Waals surface area contributed by atoms with E-state index in [4.69, 9.17) is 24.1 Å². The minimum atomic E-state index is -4.37. The van der Waals surface area contributed by atoms with Crippen LogP contribution in [0.1, 0.15) is 51.4 Å². The highest BCUT2D eigenvalue weighted by Crippen LogP contribution is 2.53. The van der Waals surface area contributed by atoms with Gasteiger partial charge in [0, 0.05) is 51.9 Å². The Balaban J connectivity index is 1.17. The van der Waals surface area contributed by atoms with E-state index < -0.39 is 38.7 Å². The van der Waals surface area contributed by atoms with Crippen molar-refractivity contribution in [1.29, 1.82) is 0 Å². The Morgan fingerprint density at radius 3 is 1.46 bits per heavy atom. The predicted octanol–water partition coefficient (Wildman–Crippen LogP) is 0.434. The maximum atomic E-state index is 12.7. The number of carbonyl (C=O) groups is 3. The number of hydrogen-bond acceptors (Lipinski definition) is 12. The van der Waals surface area contributed by atoms with Gasteiger partial charge in [0.25, 0.3) is 0 Å². The third kappa shape index (κ3) is 13.4. The van der Waals surface area contributed by atoms with Crippen LogP contribution in [-0.2, 0) is 39.4 Å². The molecule has 50 heavy (non-hydrogen) atoms. The van der Waals surface area contributed by atoms with Crippen molar-refractivity contribution >= 4 is 38.7 Å². The van der Waals surface area contributed by atoms with Crippen molar-refractivity contribution in [1.82, 2.24) is 23.8 Å². The molecule has 2 saturated carbocycles. The molecule has 0 saturated heterocycles. The van der Waals surface area contributed by atoms with Crippen molar-refractivity contribution in [3.8, 4) is 23.7 Å². The number of hydrogen-bond donors (Lipinski definition) is 5. The smallest absolute Gasteiger partial charge is 0.421 e. The van der Waals surface area contributed by atoms with E-state index in [0.29, 0.717) is 23.7 Å². The van der Waals surface area contributed by atoms with Gasteiger partial charge in [0.2, 0.25) is 0 Å². The molecule has 6 atom stereocenters. The lowest BCUT2D eigenvalue weighted by molar-refractivity contribution is 0.0420. The lowest BCUT2D eigenvalue weighted by Gasteiger charge is -2.22. The van der Waals surface area contributed by atoms with Gasteiger partial charge in [-0.3, -0.25) is 0 Å². The lowest BCUT2D eigenvalue weighted by atomic mass is 10.1. The van der Waals surface area contributed by atoms with Crippen molar-refractivity contribution in [2.24, 2.45) is 35.5 Å². The van der Waals surface area contributed by atoms with E-state index in [2.05, 4.69) is 33.1 Å². The molecule has 2 fully saturated rings. The first-order valence-electron chi connectivity index (χ1n) is 16.9. The average Bonchev–Trinajstić information content (AvgIpc) is 3.89. The predicted molar refractivity (Wildman–Crippen MR) is 177 cm³/mol. The van der Waals surface area contributed by atoms with Crippen LogP contribution in [0.15, 0.2) is 0 Å². The largest absolute Gasteiger partial charge is 0.449 e. The summed E-state index contributed by atoms with van der Waals surface area (Å²) < 4.78 is 78.1. The molecule has 0 bridgehead atoms. The summed E-state index contributed by atoms with van der Waals surface area (Å²) in [5, 5.41) is 8.81. The third-order valence-electron chi connectivity index (χ3n) is 9.22. The van der Waals surface area contributed by atoms with Gasteiger partial charge in [-0.2, -0.15) is 26.3 Å². The van der Waals surface area contributed by atoms with E-state index in [1.165, 1.54) is 0 Å². The van der Waals surface area contributed by atoms with Gasteiger partial charge in [0.05, 0.1) is 33.0 Å². The number of ether oxygens (including phenoxy) is 4. The van der Waals surface area contributed by atoms with Crippen molar-refractivity contribution < 1.29 is 55.3 Å². The molecule has 0 aromatic carbocycles. The summed E-state index contributed by atoms with van der Waals surface area (Å²) in [6, 6.07) is 0. The number of aliphatic hydroxyl groups is 1. The molecular formula is C31H47N5O12S2. The van der Waals surface area contributed by atoms with Crippen LogP contribution in [0, 0.1) is 59.2 Å². The van der Waals surface area contributed by atoms with Gasteiger partial charge in [-0.1, -0.05) is 0 Å². The number of amides is 3. The number of carbonyl (C=O) groups excluding carboxylic acids is 3. The maximum absolute atomic E-state index is 12.7. The first-order chi connectivity index (χ1) is 24.0. The zero-order chi connectivity index (χ0) is 36.0. The van der Waals surface area contributed by atoms with E-state index in [-0.39, 0.29) is 77.7 Å². The maximum Gasteiger partial charge on any atom is 0.421 e. The number of fused-ring (bicyclic) bond motifs is 2. The summed E-state index contributed by atoms with van der Waals surface area (Å²) >= 11 is 0. The van der Waals surface area contributed by atoms with Crippen LogP contribution in [0.3, 0.4) is 0 Å². The fourth-order valence-electron chi connectivity index (χ4n) is 6.63. The van der Waals surface area contributed by atoms with Gasteiger partial charge in [0.1, 0.15) is 6.61 Å². The molecule has 3 amide bonds. The summed E-state index contributed by atoms with van der Waals surface area (Å²) in [6.45, 7) is -1.55. The van der Waals surface area contributed by atoms with Gasteiger partial charge >= 0.3 is 38.7 Å². The minimum Gasteiger partial charge on any atom is -0.449 e. The van der Waals surface area contributed by atoms with Crippen molar-refractivity contribution in [3.63, 3.8) is 0 Å². The second-order valence-electron chi connectivity index (χ2n) is 12.5. The van der Waals surface area contributed by atoms with Crippen molar-refractivity contribution in [2.75, 3.05) is 65.8 Å². The molecule has 0 aromatic heterocycles. The molecule has 0 spiro atoms. The standard InChI is InChI=1S/C31H47N5O12S2/c37-17-18-45-19-20-46-31(40)36(15-13-32-49(41,42)34-29(38)47-21-27-23-9-5-1-2-6-10-24(23)27)16-14-33-50(43,44)35-30(39)48-22-28-25-11-7-3-4-8-12-26(25)28/h23-28,32-33,37H,5-22H2,(H,34,38)(H,35,39)/t23-,24+,25-,26+,27?,28?. The highest BCUT2D eigenvalue weighted by molar-refractivity contribution is 7.88. The van der Waals surface area contributed by atoms with E-state index in [1.807, 2.05) is 0 Å². The van der Waals surface area contributed by atoms with Crippen LogP contribution in [-0.4, -0.2) is 111 Å². The van der Waals surface area contributed by atoms with E-state index in [9.17, 15) is 31.2 Å². The van der Waals surface area contributed by atoms with Crippen LogP contribution in [0.25, 0.3) is 0 Å². The molecule has 19 heteroatoms. The summed E-state index contributed by atoms with van der Waals surface area (Å²) in [4.78, 5) is 38.1. The molecule has 280 valence electrons. The minimum absolute atomic E-state index is 0.0241. The summed E-state index contributed by atoms with van der Waals surface area (Å²) in [7, 11) is -8.73. The first kappa shape index (κ1) is 39.5. The highest BCUT2D eigenvalue weighted by Gasteiger charge is 2.50. The van der Waals surface area contributed by atoms with E-state index >= 15 is 0 Å². The molecule has 0 aromatic rings. The zero-order valence-corrected chi connectivity index (χ0v) is 29.5. The van der Waals surface area contributed by atoms with Crippen LogP contribution in [0.2, 0.25) is 0 Å². The summed E-state index contributed by atoms with van der Waals surface area (Å²) in [6.07, 6.45) is 3.66. The SMILES string of the molecule is O=C(NS(=O)(=O)NCCN(CCNS(=O)(=O)NC(=O)OCC1[C@H]2CCC#CCC[C@@H]12)C(=O)OCCOCCO)OCC1[C@H]2CCC#CCC[C@@H]12. The van der Waals surface area contributed by atoms with Crippen molar-refractivity contribution in [2.45, 2.75) is 51.4 Å². The number of aliphatic hydroxyl groups excluding tert-OH is 1.